The third kappa shape index (κ3) is 2.49. The molecule has 1 fully saturated rings. The summed E-state index contributed by atoms with van der Waals surface area (Å²) in [6.45, 7) is 0. The van der Waals surface area contributed by atoms with Crippen molar-refractivity contribution in [1.82, 2.24) is 0 Å². The number of phenolic OH excluding ortho intramolecular Hbond substituents is 1. The van der Waals surface area contributed by atoms with E-state index in [1.807, 2.05) is 24.4 Å². The molecule has 22 heavy (non-hydrogen) atoms. The van der Waals surface area contributed by atoms with Crippen molar-refractivity contribution in [3.05, 3.63) is 41.0 Å². The van der Waals surface area contributed by atoms with Crippen LogP contribution >= 0.6 is 0 Å². The van der Waals surface area contributed by atoms with E-state index in [1.54, 1.807) is 17.2 Å². The molecule has 1 aromatic carbocycles. The second-order valence-electron chi connectivity index (χ2n) is 7.17. The maximum atomic E-state index is 9.93. The fourth-order valence-corrected chi connectivity index (χ4v) is 4.85. The fourth-order valence-electron chi connectivity index (χ4n) is 4.85. The number of aromatic hydroxyl groups is 1. The zero-order valence-electron chi connectivity index (χ0n) is 13.2. The Morgan fingerprint density at radius 1 is 1.05 bits per heavy atom. The van der Waals surface area contributed by atoms with Gasteiger partial charge in [0.25, 0.3) is 0 Å². The van der Waals surface area contributed by atoms with E-state index in [9.17, 15) is 5.11 Å². The number of rotatable bonds is 2. The molecule has 1 N–H and O–H groups in total. The molecule has 0 saturated heterocycles. The van der Waals surface area contributed by atoms with E-state index in [-0.39, 0.29) is 0 Å². The summed E-state index contributed by atoms with van der Waals surface area (Å²) in [5.41, 5.74) is 4.40. The van der Waals surface area contributed by atoms with Crippen LogP contribution in [0.4, 0.5) is 0 Å². The molecule has 0 aromatic heterocycles. The van der Waals surface area contributed by atoms with E-state index in [4.69, 9.17) is 4.99 Å². The van der Waals surface area contributed by atoms with Gasteiger partial charge < -0.3 is 5.11 Å². The van der Waals surface area contributed by atoms with Crippen LogP contribution in [0.15, 0.2) is 40.4 Å². The standard InChI is InChI=1S/C20H25NO/c22-19-11-4-2-7-16(19)13-21-20-15-8-5-10-18(20)17-9-3-1-6-14(17)12-15/h2,4,7,11,13,15,18,20,22H,1,3,5-6,8-10,12H2/t15-,18-,20-/m0/s1. The highest BCUT2D eigenvalue weighted by molar-refractivity contribution is 5.83. The molecule has 116 valence electrons. The smallest absolute Gasteiger partial charge is 0.124 e. The number of fused-ring (bicyclic) bond motifs is 3. The number of aliphatic imine (C=N–C) groups is 1. The van der Waals surface area contributed by atoms with Crippen LogP contribution in [0, 0.1) is 11.8 Å². The lowest BCUT2D eigenvalue weighted by Crippen LogP contribution is -2.38. The van der Waals surface area contributed by atoms with Crippen LogP contribution in [0.5, 0.6) is 5.75 Å². The topological polar surface area (TPSA) is 32.6 Å². The van der Waals surface area contributed by atoms with Gasteiger partial charge in [-0.15, -0.1) is 0 Å². The normalized spacial score (nSPS) is 31.4. The van der Waals surface area contributed by atoms with Crippen LogP contribution in [0.1, 0.15) is 56.9 Å². The van der Waals surface area contributed by atoms with E-state index in [0.717, 1.165) is 11.5 Å². The Morgan fingerprint density at radius 2 is 1.91 bits per heavy atom. The number of allylic oxidation sites excluding steroid dienone is 1. The van der Waals surface area contributed by atoms with Crippen molar-refractivity contribution in [2.45, 2.75) is 57.4 Å². The number of para-hydroxylation sites is 1. The Labute approximate surface area is 133 Å². The zero-order chi connectivity index (χ0) is 14.9. The molecule has 0 radical (unpaired) electrons. The minimum absolute atomic E-state index is 0.338. The van der Waals surface area contributed by atoms with Crippen molar-refractivity contribution in [2.24, 2.45) is 16.8 Å². The summed E-state index contributed by atoms with van der Waals surface area (Å²) in [4.78, 5) is 4.97. The van der Waals surface area contributed by atoms with Gasteiger partial charge in [0.05, 0.1) is 6.04 Å². The van der Waals surface area contributed by atoms with Crippen LogP contribution in [-0.4, -0.2) is 17.4 Å². The van der Waals surface area contributed by atoms with Gasteiger partial charge in [-0.3, -0.25) is 4.99 Å². The van der Waals surface area contributed by atoms with E-state index in [2.05, 4.69) is 0 Å². The summed E-state index contributed by atoms with van der Waals surface area (Å²) in [6, 6.07) is 7.96. The van der Waals surface area contributed by atoms with Gasteiger partial charge in [0.2, 0.25) is 0 Å². The van der Waals surface area contributed by atoms with Gasteiger partial charge in [-0.2, -0.15) is 0 Å². The second kappa shape index (κ2) is 5.91. The number of phenols is 1. The minimum atomic E-state index is 0.338. The Morgan fingerprint density at radius 3 is 2.82 bits per heavy atom. The van der Waals surface area contributed by atoms with Crippen molar-refractivity contribution in [3.63, 3.8) is 0 Å². The lowest BCUT2D eigenvalue weighted by atomic mass is 9.63. The summed E-state index contributed by atoms with van der Waals surface area (Å²) in [7, 11) is 0. The molecular weight excluding hydrogens is 270 g/mol. The molecule has 0 unspecified atom stereocenters. The summed E-state index contributed by atoms with van der Waals surface area (Å²) < 4.78 is 0. The maximum Gasteiger partial charge on any atom is 0.124 e. The molecule has 0 aliphatic heterocycles. The molecule has 2 heteroatoms. The third-order valence-corrected chi connectivity index (χ3v) is 5.89. The summed E-state index contributed by atoms with van der Waals surface area (Å²) in [6.07, 6.45) is 12.6. The van der Waals surface area contributed by atoms with E-state index in [0.29, 0.717) is 17.7 Å². The first-order valence-electron chi connectivity index (χ1n) is 8.85. The average Bonchev–Trinajstić information content (AvgIpc) is 2.54. The second-order valence-corrected chi connectivity index (χ2v) is 7.17. The number of hydrogen-bond donors (Lipinski definition) is 1. The van der Waals surface area contributed by atoms with Crippen LogP contribution in [0.3, 0.4) is 0 Å². The highest BCUT2D eigenvalue weighted by Gasteiger charge is 2.40. The van der Waals surface area contributed by atoms with Crippen LogP contribution in [-0.2, 0) is 0 Å². The Hall–Kier alpha value is -1.57. The molecule has 1 saturated carbocycles. The van der Waals surface area contributed by atoms with Crippen molar-refractivity contribution >= 4 is 6.21 Å². The van der Waals surface area contributed by atoms with Gasteiger partial charge in [-0.05, 0) is 63.0 Å². The highest BCUT2D eigenvalue weighted by atomic mass is 16.3. The van der Waals surface area contributed by atoms with Crippen LogP contribution < -0.4 is 0 Å². The Bertz CT molecular complexity index is 616. The lowest BCUT2D eigenvalue weighted by molar-refractivity contribution is 0.215. The molecule has 0 heterocycles. The molecule has 2 nitrogen and oxygen atoms in total. The van der Waals surface area contributed by atoms with Crippen LogP contribution in [0.2, 0.25) is 0 Å². The summed E-state index contributed by atoms with van der Waals surface area (Å²) >= 11 is 0. The Kier molecular flexibility index (Phi) is 3.77. The summed E-state index contributed by atoms with van der Waals surface area (Å²) in [5, 5.41) is 9.93. The van der Waals surface area contributed by atoms with Crippen LogP contribution in [0.25, 0.3) is 0 Å². The summed E-state index contributed by atoms with van der Waals surface area (Å²) in [5.74, 6) is 1.76. The van der Waals surface area contributed by atoms with E-state index < -0.39 is 0 Å². The van der Waals surface area contributed by atoms with Gasteiger partial charge in [0.15, 0.2) is 0 Å². The first-order valence-corrected chi connectivity index (χ1v) is 8.85. The van der Waals surface area contributed by atoms with E-state index in [1.165, 1.54) is 51.4 Å². The monoisotopic (exact) mass is 295 g/mol. The zero-order valence-corrected chi connectivity index (χ0v) is 13.2. The highest BCUT2D eigenvalue weighted by Crippen LogP contribution is 2.49. The van der Waals surface area contributed by atoms with Gasteiger partial charge in [0.1, 0.15) is 5.75 Å². The molecule has 0 amide bonds. The van der Waals surface area contributed by atoms with Gasteiger partial charge in [-0.1, -0.05) is 29.7 Å². The lowest BCUT2D eigenvalue weighted by Gasteiger charge is -2.44. The number of nitrogens with zero attached hydrogens (tertiary/aromatic N) is 1. The van der Waals surface area contributed by atoms with Crippen molar-refractivity contribution in [3.8, 4) is 5.75 Å². The maximum absolute atomic E-state index is 9.93. The average molecular weight is 295 g/mol. The van der Waals surface area contributed by atoms with Crippen molar-refractivity contribution in [2.75, 3.05) is 0 Å². The number of hydrogen-bond acceptors (Lipinski definition) is 2. The van der Waals surface area contributed by atoms with Crippen molar-refractivity contribution in [1.29, 1.82) is 0 Å². The third-order valence-electron chi connectivity index (χ3n) is 5.89. The molecule has 3 atom stereocenters. The fraction of sp³-hybridized carbons (Fsp3) is 0.550. The quantitative estimate of drug-likeness (QED) is 0.612. The molecular formula is C20H25NO. The predicted octanol–water partition coefficient (Wildman–Crippen LogP) is 4.87. The molecule has 0 spiro atoms. The Balaban J connectivity index is 1.62. The number of benzene rings is 1. The van der Waals surface area contributed by atoms with Gasteiger partial charge in [-0.25, -0.2) is 0 Å². The minimum Gasteiger partial charge on any atom is -0.507 e. The molecule has 4 rings (SSSR count). The molecule has 1 aromatic rings. The first-order chi connectivity index (χ1) is 10.8. The molecule has 3 aliphatic carbocycles. The van der Waals surface area contributed by atoms with E-state index >= 15 is 0 Å². The SMILES string of the molecule is Oc1ccccc1C=N[C@H]1[C@H]2CCC[C@H]1C1=C(CCCC1)C2. The largest absolute Gasteiger partial charge is 0.507 e. The van der Waals surface area contributed by atoms with Gasteiger partial charge >= 0.3 is 0 Å². The molecule has 2 bridgehead atoms. The predicted molar refractivity (Wildman–Crippen MR) is 90.4 cm³/mol. The first kappa shape index (κ1) is 14.0. The van der Waals surface area contributed by atoms with Crippen molar-refractivity contribution < 1.29 is 5.11 Å². The molecule has 3 aliphatic rings. The van der Waals surface area contributed by atoms with Gasteiger partial charge in [0, 0.05) is 17.7 Å².